The zero-order valence-electron chi connectivity index (χ0n) is 6.56. The lowest BCUT2D eigenvalue weighted by atomic mass is 10.2. The van der Waals surface area contributed by atoms with Gasteiger partial charge in [0.05, 0.1) is 0 Å². The van der Waals surface area contributed by atoms with Gasteiger partial charge in [-0.3, -0.25) is 4.57 Å². The van der Waals surface area contributed by atoms with Crippen LogP contribution in [0.3, 0.4) is 0 Å². The summed E-state index contributed by atoms with van der Waals surface area (Å²) in [5.74, 6) is 0. The maximum absolute atomic E-state index is 10.8. The summed E-state index contributed by atoms with van der Waals surface area (Å²) < 4.78 is 12.5. The lowest BCUT2D eigenvalue weighted by molar-refractivity contribution is 0.441. The number of nitrogens with zero attached hydrogens (tertiary/aromatic N) is 3. The van der Waals surface area contributed by atoms with Crippen LogP contribution in [0, 0.1) is 0 Å². The Hall–Kier alpha value is -0.760. The van der Waals surface area contributed by atoms with E-state index in [-0.39, 0.29) is 13.7 Å². The molecule has 0 aliphatic heterocycles. The Kier molecular flexibility index (Phi) is 2.35. The van der Waals surface area contributed by atoms with Crippen LogP contribution < -0.4 is 0 Å². The highest BCUT2D eigenvalue weighted by molar-refractivity contribution is 7.25. The van der Waals surface area contributed by atoms with E-state index in [0.29, 0.717) is 0 Å². The molecule has 60 valence electrons. The molecule has 1 rings (SSSR count). The number of hydrogen-bond acceptors (Lipinski definition) is 3. The average molecular weight is 171 g/mol. The Labute approximate surface area is 66.8 Å². The Balaban J connectivity index is 2.96. The number of rotatable bonds is 3. The van der Waals surface area contributed by atoms with Crippen LogP contribution in [0.5, 0.6) is 0 Å². The highest BCUT2D eigenvalue weighted by atomic mass is 31.1. The molecule has 0 bridgehead atoms. The Morgan fingerprint density at radius 2 is 2.09 bits per heavy atom. The summed E-state index contributed by atoms with van der Waals surface area (Å²) in [6, 6.07) is 0. The summed E-state index contributed by atoms with van der Waals surface area (Å²) in [6.07, 6.45) is 3.94. The first kappa shape index (κ1) is 8.34. The smallest absolute Gasteiger partial charge is 0.184 e. The van der Waals surface area contributed by atoms with E-state index < -0.39 is 0 Å². The molecule has 1 atom stereocenters. The first-order valence-corrected chi connectivity index (χ1v) is 4.24. The van der Waals surface area contributed by atoms with Crippen molar-refractivity contribution in [2.24, 2.45) is 0 Å². The summed E-state index contributed by atoms with van der Waals surface area (Å²) in [7, 11) is 0.0961. The van der Waals surface area contributed by atoms with E-state index in [1.807, 2.05) is 13.8 Å². The standard InChI is InChI=1S/C6H10N3OP/c1-3-6(2,11-10)9-4-7-8-5-9/h4-5H,3H2,1-2H3. The fraction of sp³-hybridized carbons (Fsp3) is 0.667. The Morgan fingerprint density at radius 3 is 2.45 bits per heavy atom. The first-order chi connectivity index (χ1) is 5.23. The highest BCUT2D eigenvalue weighted by Gasteiger charge is 2.24. The molecule has 0 aliphatic rings. The Morgan fingerprint density at radius 1 is 1.55 bits per heavy atom. The van der Waals surface area contributed by atoms with Gasteiger partial charge in [0.25, 0.3) is 0 Å². The van der Waals surface area contributed by atoms with E-state index in [1.54, 1.807) is 17.2 Å². The monoisotopic (exact) mass is 171 g/mol. The van der Waals surface area contributed by atoms with Crippen LogP contribution in [0.1, 0.15) is 20.3 Å². The van der Waals surface area contributed by atoms with Gasteiger partial charge in [0, 0.05) is 0 Å². The molecule has 11 heavy (non-hydrogen) atoms. The molecular weight excluding hydrogens is 161 g/mol. The quantitative estimate of drug-likeness (QED) is 0.649. The van der Waals surface area contributed by atoms with Gasteiger partial charge in [0.2, 0.25) is 0 Å². The molecule has 0 saturated heterocycles. The van der Waals surface area contributed by atoms with Crippen molar-refractivity contribution in [3.63, 3.8) is 0 Å². The Bertz CT molecular complexity index is 236. The van der Waals surface area contributed by atoms with Crippen LogP contribution in [-0.4, -0.2) is 14.8 Å². The van der Waals surface area contributed by atoms with Gasteiger partial charge in [0.15, 0.2) is 8.46 Å². The minimum Gasteiger partial charge on any atom is -0.303 e. The van der Waals surface area contributed by atoms with Gasteiger partial charge in [-0.2, -0.15) is 0 Å². The highest BCUT2D eigenvalue weighted by Crippen LogP contribution is 2.31. The molecule has 0 aromatic carbocycles. The predicted molar refractivity (Wildman–Crippen MR) is 41.6 cm³/mol. The summed E-state index contributed by atoms with van der Waals surface area (Å²) in [5.41, 5.74) is 0. The van der Waals surface area contributed by atoms with Crippen LogP contribution in [0.2, 0.25) is 0 Å². The van der Waals surface area contributed by atoms with Crippen molar-refractivity contribution in [1.29, 1.82) is 0 Å². The lowest BCUT2D eigenvalue weighted by Gasteiger charge is -2.19. The third-order valence-corrected chi connectivity index (χ3v) is 2.78. The van der Waals surface area contributed by atoms with Gasteiger partial charge in [-0.1, -0.05) is 6.92 Å². The second-order valence-corrected chi connectivity index (χ2v) is 3.68. The number of hydrogen-bond donors (Lipinski definition) is 0. The molecule has 1 aromatic rings. The van der Waals surface area contributed by atoms with Crippen LogP contribution in [0.25, 0.3) is 0 Å². The van der Waals surface area contributed by atoms with Crippen LogP contribution in [0.15, 0.2) is 12.7 Å². The lowest BCUT2D eigenvalue weighted by Crippen LogP contribution is -2.20. The van der Waals surface area contributed by atoms with E-state index in [2.05, 4.69) is 10.2 Å². The van der Waals surface area contributed by atoms with Crippen molar-refractivity contribution in [3.8, 4) is 0 Å². The van der Waals surface area contributed by atoms with Gasteiger partial charge in [0.1, 0.15) is 17.9 Å². The summed E-state index contributed by atoms with van der Waals surface area (Å²) >= 11 is 0. The molecule has 4 nitrogen and oxygen atoms in total. The third-order valence-electron chi connectivity index (χ3n) is 1.84. The first-order valence-electron chi connectivity index (χ1n) is 3.42. The second-order valence-electron chi connectivity index (χ2n) is 2.53. The van der Waals surface area contributed by atoms with Crippen LogP contribution in [0.4, 0.5) is 0 Å². The summed E-state index contributed by atoms with van der Waals surface area (Å²) in [5, 5.41) is 6.92. The van der Waals surface area contributed by atoms with Crippen molar-refractivity contribution in [2.45, 2.75) is 25.5 Å². The zero-order valence-corrected chi connectivity index (χ0v) is 7.45. The van der Waals surface area contributed by atoms with Crippen molar-refractivity contribution >= 4 is 8.46 Å². The summed E-state index contributed by atoms with van der Waals surface area (Å²) in [4.78, 5) is 0. The van der Waals surface area contributed by atoms with Gasteiger partial charge >= 0.3 is 0 Å². The van der Waals surface area contributed by atoms with Crippen LogP contribution in [-0.2, 0) is 9.85 Å². The van der Waals surface area contributed by atoms with Crippen LogP contribution >= 0.6 is 8.46 Å². The molecule has 1 aromatic heterocycles. The minimum absolute atomic E-state index is 0.0961. The normalized spacial score (nSPS) is 16.5. The molecule has 0 N–H and O–H groups in total. The fourth-order valence-electron chi connectivity index (χ4n) is 0.744. The molecule has 0 fully saturated rings. The van der Waals surface area contributed by atoms with E-state index in [9.17, 15) is 4.57 Å². The van der Waals surface area contributed by atoms with Crippen molar-refractivity contribution in [2.75, 3.05) is 0 Å². The molecule has 0 spiro atoms. The third kappa shape index (κ3) is 1.46. The fourth-order valence-corrected chi connectivity index (χ4v) is 1.07. The van der Waals surface area contributed by atoms with E-state index in [4.69, 9.17) is 0 Å². The maximum Gasteiger partial charge on any atom is 0.184 e. The molecule has 1 unspecified atom stereocenters. The molecule has 0 aliphatic carbocycles. The SMILES string of the molecule is CCC(C)(P=O)n1cnnc1. The van der Waals surface area contributed by atoms with Crippen molar-refractivity contribution in [3.05, 3.63) is 12.7 Å². The molecule has 0 saturated carbocycles. The van der Waals surface area contributed by atoms with E-state index >= 15 is 0 Å². The van der Waals surface area contributed by atoms with Gasteiger partial charge in [-0.15, -0.1) is 10.2 Å². The van der Waals surface area contributed by atoms with Gasteiger partial charge in [-0.05, 0) is 13.3 Å². The number of aromatic nitrogens is 3. The maximum atomic E-state index is 10.8. The average Bonchev–Trinajstić information content (AvgIpc) is 2.55. The van der Waals surface area contributed by atoms with E-state index in [1.165, 1.54) is 0 Å². The van der Waals surface area contributed by atoms with E-state index in [0.717, 1.165) is 6.42 Å². The largest absolute Gasteiger partial charge is 0.303 e. The molecule has 1 heterocycles. The molecule has 5 heteroatoms. The minimum atomic E-state index is -0.385. The summed E-state index contributed by atoms with van der Waals surface area (Å²) in [6.45, 7) is 3.87. The molecular formula is C6H10N3OP. The zero-order chi connectivity index (χ0) is 8.32. The van der Waals surface area contributed by atoms with Crippen molar-refractivity contribution < 1.29 is 4.57 Å². The predicted octanol–water partition coefficient (Wildman–Crippen LogP) is 1.65. The van der Waals surface area contributed by atoms with Gasteiger partial charge in [-0.25, -0.2) is 0 Å². The molecule has 0 radical (unpaired) electrons. The second kappa shape index (κ2) is 3.09. The molecule has 0 amide bonds. The van der Waals surface area contributed by atoms with Gasteiger partial charge < -0.3 is 4.57 Å². The topological polar surface area (TPSA) is 47.8 Å². The van der Waals surface area contributed by atoms with Crippen molar-refractivity contribution in [1.82, 2.24) is 14.8 Å².